The van der Waals surface area contributed by atoms with E-state index < -0.39 is 0 Å². The SMILES string of the molecule is CN(C)CC(O)CNC1CCN(Cc2ccncc2)CC1. The average molecular weight is 292 g/mol. The van der Waals surface area contributed by atoms with Gasteiger partial charge in [-0.05, 0) is 57.7 Å². The molecule has 0 bridgehead atoms. The van der Waals surface area contributed by atoms with E-state index in [1.54, 1.807) is 0 Å². The van der Waals surface area contributed by atoms with Crippen molar-refractivity contribution in [2.45, 2.75) is 31.5 Å². The van der Waals surface area contributed by atoms with Crippen LogP contribution in [0.15, 0.2) is 24.5 Å². The molecular weight excluding hydrogens is 264 g/mol. The number of rotatable bonds is 7. The molecule has 2 rings (SSSR count). The summed E-state index contributed by atoms with van der Waals surface area (Å²) in [6.45, 7) is 4.65. The lowest BCUT2D eigenvalue weighted by atomic mass is 10.0. The summed E-state index contributed by atoms with van der Waals surface area (Å²) in [6, 6.07) is 4.71. The van der Waals surface area contributed by atoms with Crippen molar-refractivity contribution in [2.75, 3.05) is 40.3 Å². The van der Waals surface area contributed by atoms with Crippen molar-refractivity contribution < 1.29 is 5.11 Å². The molecule has 0 saturated carbocycles. The first-order valence-electron chi connectivity index (χ1n) is 7.81. The zero-order valence-electron chi connectivity index (χ0n) is 13.2. The van der Waals surface area contributed by atoms with Crippen molar-refractivity contribution >= 4 is 0 Å². The molecule has 0 spiro atoms. The Labute approximate surface area is 128 Å². The highest BCUT2D eigenvalue weighted by Gasteiger charge is 2.19. The molecule has 1 aromatic rings. The molecule has 21 heavy (non-hydrogen) atoms. The van der Waals surface area contributed by atoms with Crippen molar-refractivity contribution in [3.05, 3.63) is 30.1 Å². The van der Waals surface area contributed by atoms with Gasteiger partial charge in [-0.15, -0.1) is 0 Å². The maximum atomic E-state index is 9.88. The molecule has 2 heterocycles. The summed E-state index contributed by atoms with van der Waals surface area (Å²) in [5.41, 5.74) is 1.33. The molecule has 0 radical (unpaired) electrons. The third-order valence-corrected chi connectivity index (χ3v) is 3.96. The number of hydrogen-bond donors (Lipinski definition) is 2. The summed E-state index contributed by atoms with van der Waals surface area (Å²) in [7, 11) is 3.97. The number of aliphatic hydroxyl groups excluding tert-OH is 1. The lowest BCUT2D eigenvalue weighted by molar-refractivity contribution is 0.122. The van der Waals surface area contributed by atoms with Gasteiger partial charge in [-0.3, -0.25) is 9.88 Å². The molecule has 118 valence electrons. The summed E-state index contributed by atoms with van der Waals surface area (Å²) >= 11 is 0. The quantitative estimate of drug-likeness (QED) is 0.769. The first kappa shape index (κ1) is 16.4. The maximum absolute atomic E-state index is 9.88. The van der Waals surface area contributed by atoms with Gasteiger partial charge in [0.2, 0.25) is 0 Å². The van der Waals surface area contributed by atoms with Gasteiger partial charge in [0, 0.05) is 38.1 Å². The minimum atomic E-state index is -0.283. The zero-order valence-corrected chi connectivity index (χ0v) is 13.2. The molecule has 1 aliphatic rings. The molecule has 1 aromatic heterocycles. The highest BCUT2D eigenvalue weighted by Crippen LogP contribution is 2.13. The Morgan fingerprint density at radius 2 is 2.00 bits per heavy atom. The van der Waals surface area contributed by atoms with Crippen LogP contribution in [0.3, 0.4) is 0 Å². The number of pyridine rings is 1. The molecule has 0 aromatic carbocycles. The van der Waals surface area contributed by atoms with Crippen LogP contribution in [0.4, 0.5) is 0 Å². The Bertz CT molecular complexity index is 391. The average Bonchev–Trinajstić information content (AvgIpc) is 2.47. The van der Waals surface area contributed by atoms with E-state index in [0.29, 0.717) is 19.1 Å². The molecule has 5 heteroatoms. The molecular formula is C16H28N4O. The topological polar surface area (TPSA) is 51.6 Å². The van der Waals surface area contributed by atoms with Crippen LogP contribution < -0.4 is 5.32 Å². The van der Waals surface area contributed by atoms with Crippen LogP contribution in [-0.2, 0) is 6.54 Å². The van der Waals surface area contributed by atoms with Gasteiger partial charge in [-0.1, -0.05) is 0 Å². The fraction of sp³-hybridized carbons (Fsp3) is 0.688. The van der Waals surface area contributed by atoms with E-state index in [4.69, 9.17) is 0 Å². The Balaban J connectivity index is 1.64. The Morgan fingerprint density at radius 1 is 1.33 bits per heavy atom. The van der Waals surface area contributed by atoms with Gasteiger partial charge in [0.05, 0.1) is 6.10 Å². The number of nitrogens with one attached hydrogen (secondary N) is 1. The van der Waals surface area contributed by atoms with E-state index in [9.17, 15) is 5.11 Å². The van der Waals surface area contributed by atoms with E-state index in [1.165, 1.54) is 5.56 Å². The molecule has 0 amide bonds. The smallest absolute Gasteiger partial charge is 0.0791 e. The maximum Gasteiger partial charge on any atom is 0.0791 e. The largest absolute Gasteiger partial charge is 0.390 e. The van der Waals surface area contributed by atoms with Crippen LogP contribution in [0.2, 0.25) is 0 Å². The second-order valence-electron chi connectivity index (χ2n) is 6.23. The van der Waals surface area contributed by atoms with Crippen molar-refractivity contribution in [1.82, 2.24) is 20.1 Å². The standard InChI is InChI=1S/C16H28N4O/c1-19(2)13-16(21)11-18-15-5-9-20(10-6-15)12-14-3-7-17-8-4-14/h3-4,7-8,15-16,18,21H,5-6,9-13H2,1-2H3. The number of hydrogen-bond acceptors (Lipinski definition) is 5. The van der Waals surface area contributed by atoms with Gasteiger partial charge in [-0.25, -0.2) is 0 Å². The van der Waals surface area contributed by atoms with Crippen LogP contribution in [0, 0.1) is 0 Å². The van der Waals surface area contributed by atoms with Crippen molar-refractivity contribution in [1.29, 1.82) is 0 Å². The molecule has 1 saturated heterocycles. The molecule has 1 atom stereocenters. The highest BCUT2D eigenvalue weighted by molar-refractivity contribution is 5.09. The number of piperidine rings is 1. The fourth-order valence-electron chi connectivity index (χ4n) is 2.83. The van der Waals surface area contributed by atoms with Gasteiger partial charge in [0.25, 0.3) is 0 Å². The first-order valence-corrected chi connectivity index (χ1v) is 7.81. The number of likely N-dealkylation sites (tertiary alicyclic amines) is 1. The van der Waals surface area contributed by atoms with E-state index in [2.05, 4.69) is 27.3 Å². The van der Waals surface area contributed by atoms with E-state index >= 15 is 0 Å². The second-order valence-corrected chi connectivity index (χ2v) is 6.23. The highest BCUT2D eigenvalue weighted by atomic mass is 16.3. The molecule has 0 aliphatic carbocycles. The predicted octanol–water partition coefficient (Wildman–Crippen LogP) is 0.558. The third kappa shape index (κ3) is 6.09. The van der Waals surface area contributed by atoms with E-state index in [1.807, 2.05) is 31.4 Å². The van der Waals surface area contributed by atoms with Gasteiger partial charge in [-0.2, -0.15) is 0 Å². The normalized spacial score (nSPS) is 19.0. The number of aliphatic hydroxyl groups is 1. The summed E-state index contributed by atoms with van der Waals surface area (Å²) in [5.74, 6) is 0. The summed E-state index contributed by atoms with van der Waals surface area (Å²) in [6.07, 6.45) is 5.74. The monoisotopic (exact) mass is 292 g/mol. The summed E-state index contributed by atoms with van der Waals surface area (Å²) in [5, 5.41) is 13.4. The molecule has 2 N–H and O–H groups in total. The van der Waals surface area contributed by atoms with Crippen molar-refractivity contribution in [3.8, 4) is 0 Å². The van der Waals surface area contributed by atoms with E-state index in [0.717, 1.165) is 32.5 Å². The first-order chi connectivity index (χ1) is 10.1. The molecule has 1 fully saturated rings. The van der Waals surface area contributed by atoms with Gasteiger partial charge in [0.1, 0.15) is 0 Å². The van der Waals surface area contributed by atoms with Crippen LogP contribution in [0.25, 0.3) is 0 Å². The summed E-state index contributed by atoms with van der Waals surface area (Å²) in [4.78, 5) is 8.56. The number of aromatic nitrogens is 1. The minimum absolute atomic E-state index is 0.283. The Morgan fingerprint density at radius 3 is 2.62 bits per heavy atom. The van der Waals surface area contributed by atoms with Crippen molar-refractivity contribution in [3.63, 3.8) is 0 Å². The van der Waals surface area contributed by atoms with Crippen LogP contribution in [0.5, 0.6) is 0 Å². The molecule has 1 aliphatic heterocycles. The predicted molar refractivity (Wildman–Crippen MR) is 85.1 cm³/mol. The van der Waals surface area contributed by atoms with Crippen LogP contribution >= 0.6 is 0 Å². The summed E-state index contributed by atoms with van der Waals surface area (Å²) < 4.78 is 0. The number of nitrogens with zero attached hydrogens (tertiary/aromatic N) is 3. The second kappa shape index (κ2) is 8.44. The van der Waals surface area contributed by atoms with Gasteiger partial charge >= 0.3 is 0 Å². The van der Waals surface area contributed by atoms with Gasteiger partial charge in [0.15, 0.2) is 0 Å². The lowest BCUT2D eigenvalue weighted by Gasteiger charge is -2.33. The van der Waals surface area contributed by atoms with Gasteiger partial charge < -0.3 is 15.3 Å². The lowest BCUT2D eigenvalue weighted by Crippen LogP contribution is -2.45. The third-order valence-electron chi connectivity index (χ3n) is 3.96. The minimum Gasteiger partial charge on any atom is -0.390 e. The Hall–Kier alpha value is -1.01. The van der Waals surface area contributed by atoms with Crippen LogP contribution in [0.1, 0.15) is 18.4 Å². The molecule has 1 unspecified atom stereocenters. The zero-order chi connectivity index (χ0) is 15.1. The number of likely N-dealkylation sites (N-methyl/N-ethyl adjacent to an activating group) is 1. The van der Waals surface area contributed by atoms with Crippen LogP contribution in [-0.4, -0.2) is 72.3 Å². The van der Waals surface area contributed by atoms with Crippen molar-refractivity contribution in [2.24, 2.45) is 0 Å². The Kier molecular flexibility index (Phi) is 6.57. The van der Waals surface area contributed by atoms with E-state index in [-0.39, 0.29) is 6.10 Å². The molecule has 5 nitrogen and oxygen atoms in total. The fourth-order valence-corrected chi connectivity index (χ4v) is 2.83.